The number of likely N-dealkylation sites (N-methyl/N-ethyl adjacent to an activating group) is 1. The molecule has 1 heterocycles. The van der Waals surface area contributed by atoms with E-state index in [9.17, 15) is 4.79 Å². The van der Waals surface area contributed by atoms with Gasteiger partial charge in [-0.1, -0.05) is 12.1 Å². The molecule has 104 valence electrons. The Kier molecular flexibility index (Phi) is 3.80. The van der Waals surface area contributed by atoms with E-state index in [1.165, 1.54) is 0 Å². The second-order valence-corrected chi connectivity index (χ2v) is 5.84. The topological polar surface area (TPSA) is 49.6 Å². The summed E-state index contributed by atoms with van der Waals surface area (Å²) in [5.74, 6) is 0.199. The monoisotopic (exact) mass is 261 g/mol. The Morgan fingerprint density at radius 2 is 1.63 bits per heavy atom. The number of amides is 1. The van der Waals surface area contributed by atoms with Crippen LogP contribution >= 0.6 is 0 Å². The van der Waals surface area contributed by atoms with Gasteiger partial charge in [-0.2, -0.15) is 0 Å². The first-order chi connectivity index (χ1) is 8.91. The van der Waals surface area contributed by atoms with Gasteiger partial charge in [0, 0.05) is 31.9 Å². The van der Waals surface area contributed by atoms with Crippen LogP contribution in [-0.2, 0) is 10.2 Å². The zero-order valence-corrected chi connectivity index (χ0v) is 12.0. The molecule has 0 bridgehead atoms. The van der Waals surface area contributed by atoms with Gasteiger partial charge in [-0.25, -0.2) is 0 Å². The minimum absolute atomic E-state index is 0.199. The lowest BCUT2D eigenvalue weighted by Gasteiger charge is -2.37. The van der Waals surface area contributed by atoms with Crippen molar-refractivity contribution in [2.24, 2.45) is 0 Å². The number of rotatable bonds is 2. The molecule has 0 unspecified atom stereocenters. The van der Waals surface area contributed by atoms with E-state index in [1.54, 1.807) is 0 Å². The maximum absolute atomic E-state index is 12.7. The fraction of sp³-hybridized carbons (Fsp3) is 0.533. The lowest BCUT2D eigenvalue weighted by atomic mass is 9.83. The van der Waals surface area contributed by atoms with Crippen LogP contribution in [-0.4, -0.2) is 48.9 Å². The maximum atomic E-state index is 12.7. The lowest BCUT2D eigenvalue weighted by Crippen LogP contribution is -2.52. The number of nitrogen functional groups attached to an aromatic ring is 1. The number of carbonyl (C=O) groups excluding carboxylic acids is 1. The van der Waals surface area contributed by atoms with Crippen molar-refractivity contribution in [2.75, 3.05) is 39.0 Å². The van der Waals surface area contributed by atoms with Gasteiger partial charge in [-0.05, 0) is 38.6 Å². The first kappa shape index (κ1) is 13.9. The first-order valence-electron chi connectivity index (χ1n) is 6.75. The van der Waals surface area contributed by atoms with Crippen molar-refractivity contribution in [3.8, 4) is 0 Å². The van der Waals surface area contributed by atoms with Crippen LogP contribution in [0.1, 0.15) is 19.4 Å². The molecular weight excluding hydrogens is 238 g/mol. The number of nitrogens with two attached hydrogens (primary N) is 1. The van der Waals surface area contributed by atoms with Crippen LogP contribution in [0.3, 0.4) is 0 Å². The van der Waals surface area contributed by atoms with Crippen molar-refractivity contribution in [3.63, 3.8) is 0 Å². The first-order valence-corrected chi connectivity index (χ1v) is 6.75. The molecule has 19 heavy (non-hydrogen) atoms. The molecule has 4 heteroatoms. The van der Waals surface area contributed by atoms with E-state index < -0.39 is 5.41 Å². The zero-order valence-electron chi connectivity index (χ0n) is 12.0. The Hall–Kier alpha value is -1.55. The summed E-state index contributed by atoms with van der Waals surface area (Å²) in [6.45, 7) is 7.49. The Bertz CT molecular complexity index is 445. The van der Waals surface area contributed by atoms with Gasteiger partial charge in [0.15, 0.2) is 0 Å². The molecule has 1 fully saturated rings. The summed E-state index contributed by atoms with van der Waals surface area (Å²) < 4.78 is 0. The molecule has 4 nitrogen and oxygen atoms in total. The van der Waals surface area contributed by atoms with E-state index in [0.717, 1.165) is 37.4 Å². The van der Waals surface area contributed by atoms with Gasteiger partial charge >= 0.3 is 0 Å². The summed E-state index contributed by atoms with van der Waals surface area (Å²) in [5, 5.41) is 0. The number of anilines is 1. The van der Waals surface area contributed by atoms with Crippen LogP contribution in [0, 0.1) is 0 Å². The molecule has 1 aromatic rings. The van der Waals surface area contributed by atoms with Crippen molar-refractivity contribution >= 4 is 11.6 Å². The Morgan fingerprint density at radius 3 is 2.16 bits per heavy atom. The smallest absolute Gasteiger partial charge is 0.232 e. The highest BCUT2D eigenvalue weighted by Gasteiger charge is 2.34. The van der Waals surface area contributed by atoms with Crippen LogP contribution in [0.15, 0.2) is 24.3 Å². The summed E-state index contributed by atoms with van der Waals surface area (Å²) in [4.78, 5) is 16.9. The van der Waals surface area contributed by atoms with Crippen LogP contribution in [0.5, 0.6) is 0 Å². The second-order valence-electron chi connectivity index (χ2n) is 5.84. The molecule has 1 saturated heterocycles. The summed E-state index contributed by atoms with van der Waals surface area (Å²) in [6.07, 6.45) is 0. The number of hydrogen-bond donors (Lipinski definition) is 1. The van der Waals surface area contributed by atoms with Gasteiger partial charge in [0.25, 0.3) is 0 Å². The molecule has 0 atom stereocenters. The molecule has 0 saturated carbocycles. The van der Waals surface area contributed by atoms with E-state index in [-0.39, 0.29) is 5.91 Å². The maximum Gasteiger partial charge on any atom is 0.232 e. The van der Waals surface area contributed by atoms with Crippen LogP contribution < -0.4 is 5.73 Å². The summed E-state index contributed by atoms with van der Waals surface area (Å²) in [6, 6.07) is 7.61. The van der Waals surface area contributed by atoms with E-state index in [0.29, 0.717) is 0 Å². The predicted molar refractivity (Wildman–Crippen MR) is 78.0 cm³/mol. The van der Waals surface area contributed by atoms with Crippen molar-refractivity contribution < 1.29 is 4.79 Å². The van der Waals surface area contributed by atoms with Gasteiger partial charge < -0.3 is 15.5 Å². The molecule has 0 spiro atoms. The normalized spacial score (nSPS) is 17.5. The summed E-state index contributed by atoms with van der Waals surface area (Å²) in [5.41, 5.74) is 6.95. The fourth-order valence-electron chi connectivity index (χ4n) is 2.43. The van der Waals surface area contributed by atoms with Gasteiger partial charge in [0.2, 0.25) is 5.91 Å². The SMILES string of the molecule is CN1CCN(C(=O)C(C)(C)c2ccc(N)cc2)CC1. The Balaban J connectivity index is 2.14. The van der Waals surface area contributed by atoms with Crippen molar-refractivity contribution in [2.45, 2.75) is 19.3 Å². The van der Waals surface area contributed by atoms with Crippen molar-refractivity contribution in [1.29, 1.82) is 0 Å². The van der Waals surface area contributed by atoms with E-state index >= 15 is 0 Å². The van der Waals surface area contributed by atoms with Crippen molar-refractivity contribution in [3.05, 3.63) is 29.8 Å². The van der Waals surface area contributed by atoms with Crippen molar-refractivity contribution in [1.82, 2.24) is 9.80 Å². The molecule has 2 N–H and O–H groups in total. The van der Waals surface area contributed by atoms with E-state index in [1.807, 2.05) is 43.0 Å². The van der Waals surface area contributed by atoms with E-state index in [4.69, 9.17) is 5.73 Å². The van der Waals surface area contributed by atoms with Gasteiger partial charge in [-0.15, -0.1) is 0 Å². The largest absolute Gasteiger partial charge is 0.399 e. The molecule has 1 aliphatic rings. The molecular formula is C15H23N3O. The second kappa shape index (κ2) is 5.21. The Labute approximate surface area is 115 Å². The zero-order chi connectivity index (χ0) is 14.0. The third-order valence-corrected chi connectivity index (χ3v) is 3.96. The Morgan fingerprint density at radius 1 is 1.11 bits per heavy atom. The van der Waals surface area contributed by atoms with Crippen LogP contribution in [0.4, 0.5) is 5.69 Å². The van der Waals surface area contributed by atoms with Crippen LogP contribution in [0.2, 0.25) is 0 Å². The summed E-state index contributed by atoms with van der Waals surface area (Å²) in [7, 11) is 2.09. The predicted octanol–water partition coefficient (Wildman–Crippen LogP) is 1.32. The average Bonchev–Trinajstić information content (AvgIpc) is 2.39. The number of carbonyl (C=O) groups is 1. The number of piperazine rings is 1. The quantitative estimate of drug-likeness (QED) is 0.817. The minimum Gasteiger partial charge on any atom is -0.399 e. The minimum atomic E-state index is -0.496. The molecule has 0 radical (unpaired) electrons. The lowest BCUT2D eigenvalue weighted by molar-refractivity contribution is -0.137. The number of hydrogen-bond acceptors (Lipinski definition) is 3. The molecule has 1 aromatic carbocycles. The highest BCUT2D eigenvalue weighted by molar-refractivity contribution is 5.87. The highest BCUT2D eigenvalue weighted by atomic mass is 16.2. The molecule has 1 aliphatic heterocycles. The highest BCUT2D eigenvalue weighted by Crippen LogP contribution is 2.27. The molecule has 1 amide bonds. The molecule has 0 aromatic heterocycles. The van der Waals surface area contributed by atoms with Gasteiger partial charge in [-0.3, -0.25) is 4.79 Å². The van der Waals surface area contributed by atoms with Crippen LogP contribution in [0.25, 0.3) is 0 Å². The number of benzene rings is 1. The third kappa shape index (κ3) is 2.89. The third-order valence-electron chi connectivity index (χ3n) is 3.96. The average molecular weight is 261 g/mol. The fourth-order valence-corrected chi connectivity index (χ4v) is 2.43. The number of nitrogens with zero attached hydrogens (tertiary/aromatic N) is 2. The molecule has 2 rings (SSSR count). The standard InChI is InChI=1S/C15H23N3O/c1-15(2,12-4-6-13(16)7-5-12)14(19)18-10-8-17(3)9-11-18/h4-7H,8-11,16H2,1-3H3. The molecule has 0 aliphatic carbocycles. The van der Waals surface area contributed by atoms with E-state index in [2.05, 4.69) is 11.9 Å². The van der Waals surface area contributed by atoms with Gasteiger partial charge in [0.1, 0.15) is 0 Å². The van der Waals surface area contributed by atoms with Gasteiger partial charge in [0.05, 0.1) is 5.41 Å². The summed E-state index contributed by atoms with van der Waals surface area (Å²) >= 11 is 0.